The summed E-state index contributed by atoms with van der Waals surface area (Å²) in [4.78, 5) is 4.27. The molecule has 0 spiro atoms. The second-order valence-corrected chi connectivity index (χ2v) is 6.57. The summed E-state index contributed by atoms with van der Waals surface area (Å²) in [6.07, 6.45) is 3.75. The molecular weight excluding hydrogens is 280 g/mol. The van der Waals surface area contributed by atoms with Crippen LogP contribution in [0, 0.1) is 0 Å². The Balaban J connectivity index is 1.54. The van der Waals surface area contributed by atoms with Crippen LogP contribution in [0.4, 0.5) is 5.69 Å². The summed E-state index contributed by atoms with van der Waals surface area (Å²) in [5.41, 5.74) is 1.18. The van der Waals surface area contributed by atoms with Gasteiger partial charge in [-0.25, -0.2) is 0 Å². The van der Waals surface area contributed by atoms with E-state index in [1.54, 1.807) is 0 Å². The highest BCUT2D eigenvalue weighted by Crippen LogP contribution is 2.25. The minimum absolute atomic E-state index is 0.753. The van der Waals surface area contributed by atoms with Crippen LogP contribution in [0.1, 0.15) is 19.3 Å². The van der Waals surface area contributed by atoms with Gasteiger partial charge in [-0.1, -0.05) is 18.2 Å². The summed E-state index contributed by atoms with van der Waals surface area (Å²) in [5, 5.41) is 10.9. The lowest BCUT2D eigenvalue weighted by Gasteiger charge is -2.15. The minimum atomic E-state index is 0.753. The molecule has 1 unspecified atom stereocenters. The third kappa shape index (κ3) is 6.29. The van der Waals surface area contributed by atoms with E-state index >= 15 is 0 Å². The number of aliphatic imine (C=N–C) groups is 1. The van der Waals surface area contributed by atoms with Crippen molar-refractivity contribution in [2.24, 2.45) is 4.99 Å². The smallest absolute Gasteiger partial charge is 0.191 e. The molecule has 0 aliphatic carbocycles. The molecule has 0 saturated carbocycles. The number of anilines is 1. The Morgan fingerprint density at radius 2 is 2.10 bits per heavy atom. The molecule has 1 saturated heterocycles. The largest absolute Gasteiger partial charge is 0.385 e. The fourth-order valence-corrected chi connectivity index (χ4v) is 3.52. The van der Waals surface area contributed by atoms with Crippen LogP contribution in [0.2, 0.25) is 0 Å². The number of para-hydroxylation sites is 1. The number of guanidine groups is 1. The Hall–Kier alpha value is -1.36. The molecule has 2 rings (SSSR count). The predicted octanol–water partition coefficient (Wildman–Crippen LogP) is 2.55. The molecule has 0 radical (unpaired) electrons. The monoisotopic (exact) mass is 306 g/mol. The zero-order chi connectivity index (χ0) is 14.8. The molecule has 4 nitrogen and oxygen atoms in total. The fourth-order valence-electron chi connectivity index (χ4n) is 2.32. The first-order chi connectivity index (χ1) is 10.4. The van der Waals surface area contributed by atoms with Gasteiger partial charge in [0.05, 0.1) is 0 Å². The quantitative estimate of drug-likeness (QED) is 0.412. The molecule has 21 heavy (non-hydrogen) atoms. The molecule has 0 aromatic heterocycles. The maximum atomic E-state index is 4.27. The van der Waals surface area contributed by atoms with Gasteiger partial charge >= 0.3 is 0 Å². The second kappa shape index (κ2) is 9.55. The summed E-state index contributed by atoms with van der Waals surface area (Å²) in [7, 11) is 1.83. The number of hydrogen-bond acceptors (Lipinski definition) is 3. The van der Waals surface area contributed by atoms with Crippen molar-refractivity contribution in [2.45, 2.75) is 24.5 Å². The summed E-state index contributed by atoms with van der Waals surface area (Å²) in [6.45, 7) is 2.91. The highest BCUT2D eigenvalue weighted by Gasteiger charge is 2.15. The molecule has 5 heteroatoms. The SMILES string of the molecule is CN=C(NCCCNc1ccccc1)NCC1CCCS1. The number of hydrogen-bond donors (Lipinski definition) is 3. The molecule has 1 aliphatic rings. The van der Waals surface area contributed by atoms with Crippen molar-refractivity contribution in [3.63, 3.8) is 0 Å². The number of thioether (sulfide) groups is 1. The van der Waals surface area contributed by atoms with Crippen LogP contribution in [0.15, 0.2) is 35.3 Å². The number of rotatable bonds is 7. The molecular formula is C16H26N4S. The highest BCUT2D eigenvalue weighted by atomic mass is 32.2. The zero-order valence-electron chi connectivity index (χ0n) is 12.8. The van der Waals surface area contributed by atoms with E-state index < -0.39 is 0 Å². The van der Waals surface area contributed by atoms with Gasteiger partial charge in [-0.15, -0.1) is 0 Å². The van der Waals surface area contributed by atoms with E-state index in [1.165, 1.54) is 24.3 Å². The topological polar surface area (TPSA) is 48.5 Å². The van der Waals surface area contributed by atoms with Gasteiger partial charge in [-0.05, 0) is 37.1 Å². The van der Waals surface area contributed by atoms with E-state index in [1.807, 2.05) is 25.2 Å². The molecule has 1 aliphatic heterocycles. The van der Waals surface area contributed by atoms with Gasteiger partial charge in [0, 0.05) is 37.6 Å². The van der Waals surface area contributed by atoms with Gasteiger partial charge in [0.25, 0.3) is 0 Å². The Morgan fingerprint density at radius 3 is 2.81 bits per heavy atom. The zero-order valence-corrected chi connectivity index (χ0v) is 13.6. The van der Waals surface area contributed by atoms with E-state index in [2.05, 4.69) is 44.8 Å². The maximum Gasteiger partial charge on any atom is 0.191 e. The number of benzene rings is 1. The van der Waals surface area contributed by atoms with E-state index in [4.69, 9.17) is 0 Å². The molecule has 3 N–H and O–H groups in total. The minimum Gasteiger partial charge on any atom is -0.385 e. The van der Waals surface area contributed by atoms with Crippen LogP contribution in [-0.2, 0) is 0 Å². The molecule has 0 amide bonds. The van der Waals surface area contributed by atoms with E-state index in [-0.39, 0.29) is 0 Å². The summed E-state index contributed by atoms with van der Waals surface area (Å²) >= 11 is 2.07. The first kappa shape index (κ1) is 16.0. The molecule has 1 atom stereocenters. The third-order valence-electron chi connectivity index (χ3n) is 3.49. The summed E-state index contributed by atoms with van der Waals surface area (Å²) in [5.74, 6) is 2.23. The van der Waals surface area contributed by atoms with Gasteiger partial charge in [0.1, 0.15) is 0 Å². The molecule has 0 bridgehead atoms. The third-order valence-corrected chi connectivity index (χ3v) is 4.89. The van der Waals surface area contributed by atoms with Gasteiger partial charge < -0.3 is 16.0 Å². The van der Waals surface area contributed by atoms with Crippen LogP contribution in [0.25, 0.3) is 0 Å². The second-order valence-electron chi connectivity index (χ2n) is 5.16. The van der Waals surface area contributed by atoms with Crippen molar-refractivity contribution < 1.29 is 0 Å². The van der Waals surface area contributed by atoms with Crippen molar-refractivity contribution in [3.05, 3.63) is 30.3 Å². The van der Waals surface area contributed by atoms with Crippen molar-refractivity contribution in [2.75, 3.05) is 37.8 Å². The lowest BCUT2D eigenvalue weighted by Crippen LogP contribution is -2.40. The lowest BCUT2D eigenvalue weighted by molar-refractivity contribution is 0.717. The van der Waals surface area contributed by atoms with Crippen molar-refractivity contribution >= 4 is 23.4 Å². The lowest BCUT2D eigenvalue weighted by atomic mass is 10.2. The Morgan fingerprint density at radius 1 is 1.24 bits per heavy atom. The highest BCUT2D eigenvalue weighted by molar-refractivity contribution is 8.00. The normalized spacial score (nSPS) is 18.5. The average Bonchev–Trinajstić information content (AvgIpc) is 3.04. The van der Waals surface area contributed by atoms with Crippen LogP contribution in [0.5, 0.6) is 0 Å². The summed E-state index contributed by atoms with van der Waals surface area (Å²) < 4.78 is 0. The standard InChI is InChI=1S/C16H26N4S/c1-17-16(20-13-15-9-5-12-21-15)19-11-6-10-18-14-7-3-2-4-8-14/h2-4,7-8,15,18H,5-6,9-13H2,1H3,(H2,17,19,20). The first-order valence-corrected chi connectivity index (χ1v) is 8.78. The van der Waals surface area contributed by atoms with Crippen molar-refractivity contribution in [3.8, 4) is 0 Å². The molecule has 1 aromatic carbocycles. The molecule has 1 aromatic rings. The van der Waals surface area contributed by atoms with Gasteiger partial charge in [-0.2, -0.15) is 11.8 Å². The Labute approximate surface area is 132 Å². The van der Waals surface area contributed by atoms with E-state index in [0.29, 0.717) is 0 Å². The fraction of sp³-hybridized carbons (Fsp3) is 0.562. The maximum absolute atomic E-state index is 4.27. The molecule has 116 valence electrons. The summed E-state index contributed by atoms with van der Waals surface area (Å²) in [6, 6.07) is 10.3. The van der Waals surface area contributed by atoms with Crippen molar-refractivity contribution in [1.82, 2.24) is 10.6 Å². The van der Waals surface area contributed by atoms with Crippen LogP contribution in [0.3, 0.4) is 0 Å². The molecule has 1 fully saturated rings. The number of nitrogens with zero attached hydrogens (tertiary/aromatic N) is 1. The van der Waals surface area contributed by atoms with Crippen LogP contribution in [-0.4, -0.2) is 43.6 Å². The van der Waals surface area contributed by atoms with Gasteiger partial charge in [-0.3, -0.25) is 4.99 Å². The van der Waals surface area contributed by atoms with Crippen molar-refractivity contribution in [1.29, 1.82) is 0 Å². The van der Waals surface area contributed by atoms with E-state index in [0.717, 1.165) is 37.3 Å². The average molecular weight is 306 g/mol. The predicted molar refractivity (Wildman–Crippen MR) is 94.4 cm³/mol. The number of nitrogens with one attached hydrogen (secondary N) is 3. The molecule has 1 heterocycles. The Bertz CT molecular complexity index is 416. The van der Waals surface area contributed by atoms with Crippen LogP contribution >= 0.6 is 11.8 Å². The Kier molecular flexibility index (Phi) is 7.29. The van der Waals surface area contributed by atoms with E-state index in [9.17, 15) is 0 Å². The van der Waals surface area contributed by atoms with Crippen LogP contribution < -0.4 is 16.0 Å². The van der Waals surface area contributed by atoms with Gasteiger partial charge in [0.15, 0.2) is 5.96 Å². The van der Waals surface area contributed by atoms with Gasteiger partial charge in [0.2, 0.25) is 0 Å². The first-order valence-electron chi connectivity index (χ1n) is 7.73.